The van der Waals surface area contributed by atoms with E-state index in [0.717, 1.165) is 6.42 Å². The fourth-order valence-corrected chi connectivity index (χ4v) is 0.536. The van der Waals surface area contributed by atoms with Crippen LogP contribution < -0.4 is 0 Å². The first-order valence-corrected chi connectivity index (χ1v) is 3.88. The number of rotatable bonds is 4. The largest absolute Gasteiger partial charge is 0.378 e. The zero-order valence-corrected chi connectivity index (χ0v) is 8.19. The molecular weight excluding hydrogens is 158 g/mol. The summed E-state index contributed by atoms with van der Waals surface area (Å²) >= 11 is 3.92. The SMILES string of the molecule is C=C(S)/N=C/CC(C)(C)OC. The number of methoxy groups -OCH3 is 1. The van der Waals surface area contributed by atoms with Gasteiger partial charge in [0.25, 0.3) is 0 Å². The molecule has 0 aromatic heterocycles. The Bertz CT molecular complexity index is 163. The van der Waals surface area contributed by atoms with Gasteiger partial charge in [0.2, 0.25) is 0 Å². The molecule has 11 heavy (non-hydrogen) atoms. The lowest BCUT2D eigenvalue weighted by Crippen LogP contribution is -2.22. The molecule has 0 aromatic carbocycles. The van der Waals surface area contributed by atoms with Gasteiger partial charge >= 0.3 is 0 Å². The molecule has 0 atom stereocenters. The molecule has 2 nitrogen and oxygen atoms in total. The van der Waals surface area contributed by atoms with Crippen molar-refractivity contribution in [2.75, 3.05) is 7.11 Å². The van der Waals surface area contributed by atoms with E-state index in [2.05, 4.69) is 24.2 Å². The fourth-order valence-electron chi connectivity index (χ4n) is 0.454. The monoisotopic (exact) mass is 173 g/mol. The van der Waals surface area contributed by atoms with Crippen molar-refractivity contribution in [3.05, 3.63) is 11.6 Å². The molecule has 0 aliphatic heterocycles. The summed E-state index contributed by atoms with van der Waals surface area (Å²) in [4.78, 5) is 3.92. The second kappa shape index (κ2) is 4.57. The topological polar surface area (TPSA) is 21.6 Å². The maximum Gasteiger partial charge on any atom is 0.0853 e. The zero-order valence-electron chi connectivity index (χ0n) is 7.29. The Kier molecular flexibility index (Phi) is 4.45. The molecule has 0 saturated heterocycles. The molecule has 0 rings (SSSR count). The molecule has 3 heteroatoms. The van der Waals surface area contributed by atoms with Crippen LogP contribution in [-0.2, 0) is 4.74 Å². The van der Waals surface area contributed by atoms with Crippen LogP contribution in [0.2, 0.25) is 0 Å². The minimum Gasteiger partial charge on any atom is -0.378 e. The molecule has 0 aromatic rings. The molecule has 64 valence electrons. The highest BCUT2D eigenvalue weighted by molar-refractivity contribution is 7.84. The van der Waals surface area contributed by atoms with Crippen molar-refractivity contribution in [3.8, 4) is 0 Å². The number of aliphatic imine (C=N–C) groups is 1. The normalized spacial score (nSPS) is 12.4. The summed E-state index contributed by atoms with van der Waals surface area (Å²) in [6.07, 6.45) is 2.53. The minimum absolute atomic E-state index is 0.146. The first kappa shape index (κ1) is 10.7. The minimum atomic E-state index is -0.146. The molecule has 0 spiro atoms. The van der Waals surface area contributed by atoms with Crippen LogP contribution in [0.5, 0.6) is 0 Å². The molecule has 0 saturated carbocycles. The first-order valence-electron chi connectivity index (χ1n) is 3.43. The number of hydrogen-bond acceptors (Lipinski definition) is 3. The Balaban J connectivity index is 3.78. The van der Waals surface area contributed by atoms with Gasteiger partial charge in [-0.1, -0.05) is 6.58 Å². The third-order valence-corrected chi connectivity index (χ3v) is 1.49. The highest BCUT2D eigenvalue weighted by Crippen LogP contribution is 2.11. The van der Waals surface area contributed by atoms with Gasteiger partial charge in [-0.25, -0.2) is 0 Å². The molecule has 0 aliphatic rings. The Morgan fingerprint density at radius 1 is 1.73 bits per heavy atom. The van der Waals surface area contributed by atoms with Crippen LogP contribution in [0.25, 0.3) is 0 Å². The lowest BCUT2D eigenvalue weighted by molar-refractivity contribution is 0.0301. The van der Waals surface area contributed by atoms with E-state index in [9.17, 15) is 0 Å². The average Bonchev–Trinajstić information content (AvgIpc) is 1.87. The molecule has 0 radical (unpaired) electrons. The summed E-state index contributed by atoms with van der Waals surface area (Å²) in [5, 5.41) is 0.525. The summed E-state index contributed by atoms with van der Waals surface area (Å²) in [6.45, 7) is 7.53. The third kappa shape index (κ3) is 6.13. The van der Waals surface area contributed by atoms with Gasteiger partial charge in [0.15, 0.2) is 0 Å². The van der Waals surface area contributed by atoms with Crippen LogP contribution in [0, 0.1) is 0 Å². The summed E-state index contributed by atoms with van der Waals surface area (Å²) in [5.74, 6) is 0. The van der Waals surface area contributed by atoms with E-state index < -0.39 is 0 Å². The van der Waals surface area contributed by atoms with Crippen molar-refractivity contribution in [3.63, 3.8) is 0 Å². The maximum absolute atomic E-state index is 5.17. The van der Waals surface area contributed by atoms with Crippen LogP contribution in [0.15, 0.2) is 16.6 Å². The molecule has 0 amide bonds. The number of hydrogen-bond donors (Lipinski definition) is 1. The van der Waals surface area contributed by atoms with Crippen LogP contribution in [0.3, 0.4) is 0 Å². The molecule has 0 aliphatic carbocycles. The Morgan fingerprint density at radius 3 is 2.64 bits per heavy atom. The smallest absolute Gasteiger partial charge is 0.0853 e. The van der Waals surface area contributed by atoms with Crippen LogP contribution in [-0.4, -0.2) is 18.9 Å². The van der Waals surface area contributed by atoms with Gasteiger partial charge < -0.3 is 4.74 Å². The number of thiol groups is 1. The summed E-state index contributed by atoms with van der Waals surface area (Å²) in [6, 6.07) is 0. The van der Waals surface area contributed by atoms with E-state index in [1.807, 2.05) is 13.8 Å². The highest BCUT2D eigenvalue weighted by atomic mass is 32.1. The van der Waals surface area contributed by atoms with Crippen molar-refractivity contribution in [1.82, 2.24) is 0 Å². The zero-order chi connectivity index (χ0) is 8.91. The van der Waals surface area contributed by atoms with E-state index in [1.165, 1.54) is 0 Å². The van der Waals surface area contributed by atoms with Crippen LogP contribution in [0.4, 0.5) is 0 Å². The van der Waals surface area contributed by atoms with E-state index in [4.69, 9.17) is 4.74 Å². The van der Waals surface area contributed by atoms with Gasteiger partial charge in [0, 0.05) is 19.7 Å². The van der Waals surface area contributed by atoms with Crippen molar-refractivity contribution in [2.45, 2.75) is 25.9 Å². The summed E-state index contributed by atoms with van der Waals surface area (Å²) < 4.78 is 5.17. The van der Waals surface area contributed by atoms with Crippen molar-refractivity contribution in [1.29, 1.82) is 0 Å². The summed E-state index contributed by atoms with van der Waals surface area (Å²) in [5.41, 5.74) is -0.146. The Labute approximate surface area is 73.8 Å². The van der Waals surface area contributed by atoms with E-state index in [1.54, 1.807) is 13.3 Å². The Hall–Kier alpha value is -0.280. The van der Waals surface area contributed by atoms with Gasteiger partial charge in [0.1, 0.15) is 0 Å². The van der Waals surface area contributed by atoms with Crippen LogP contribution >= 0.6 is 12.6 Å². The van der Waals surface area contributed by atoms with Gasteiger partial charge in [-0.15, -0.1) is 12.6 Å². The van der Waals surface area contributed by atoms with Crippen LogP contribution in [0.1, 0.15) is 20.3 Å². The van der Waals surface area contributed by atoms with E-state index in [-0.39, 0.29) is 5.60 Å². The van der Waals surface area contributed by atoms with Gasteiger partial charge in [-0.05, 0) is 13.8 Å². The standard InChI is InChI=1S/C8H15NOS/c1-7(11)9-6-5-8(2,3)10-4/h6,11H,1,5H2,2-4H3/b9-6+. The van der Waals surface area contributed by atoms with E-state index >= 15 is 0 Å². The quantitative estimate of drug-likeness (QED) is 0.511. The lowest BCUT2D eigenvalue weighted by Gasteiger charge is -2.19. The molecule has 0 bridgehead atoms. The molecule has 0 unspecified atom stereocenters. The molecule has 0 heterocycles. The Morgan fingerprint density at radius 2 is 2.27 bits per heavy atom. The summed E-state index contributed by atoms with van der Waals surface area (Å²) in [7, 11) is 1.68. The first-order chi connectivity index (χ1) is 4.98. The van der Waals surface area contributed by atoms with Crippen molar-refractivity contribution < 1.29 is 4.74 Å². The van der Waals surface area contributed by atoms with E-state index in [0.29, 0.717) is 5.03 Å². The predicted octanol–water partition coefficient (Wildman–Crippen LogP) is 2.27. The van der Waals surface area contributed by atoms with Crippen molar-refractivity contribution in [2.24, 2.45) is 4.99 Å². The fraction of sp³-hybridized carbons (Fsp3) is 0.625. The van der Waals surface area contributed by atoms with Gasteiger partial charge in [-0.2, -0.15) is 0 Å². The predicted molar refractivity (Wildman–Crippen MR) is 52.3 cm³/mol. The van der Waals surface area contributed by atoms with Crippen molar-refractivity contribution >= 4 is 18.8 Å². The average molecular weight is 173 g/mol. The molecular formula is C8H15NOS. The molecule has 0 N–H and O–H groups in total. The highest BCUT2D eigenvalue weighted by Gasteiger charge is 2.13. The van der Waals surface area contributed by atoms with Gasteiger partial charge in [-0.3, -0.25) is 4.99 Å². The third-order valence-electron chi connectivity index (χ3n) is 1.38. The molecule has 0 fully saturated rings. The number of ether oxygens (including phenoxy) is 1. The number of nitrogens with zero attached hydrogens (tertiary/aromatic N) is 1. The van der Waals surface area contributed by atoms with Gasteiger partial charge in [0.05, 0.1) is 10.6 Å². The second-order valence-corrected chi connectivity index (χ2v) is 3.41. The lowest BCUT2D eigenvalue weighted by atomic mass is 10.1. The second-order valence-electron chi connectivity index (χ2n) is 2.90. The maximum atomic E-state index is 5.17.